The lowest BCUT2D eigenvalue weighted by Crippen LogP contribution is -2.39. The molecule has 1 N–H and O–H groups in total. The summed E-state index contributed by atoms with van der Waals surface area (Å²) in [4.78, 5) is 30.4. The molecule has 1 saturated heterocycles. The van der Waals surface area contributed by atoms with Gasteiger partial charge in [0.25, 0.3) is 5.91 Å². The van der Waals surface area contributed by atoms with Gasteiger partial charge in [-0.25, -0.2) is 9.50 Å². The van der Waals surface area contributed by atoms with Crippen LogP contribution in [0.5, 0.6) is 0 Å². The Balaban J connectivity index is 1.60. The quantitative estimate of drug-likeness (QED) is 0.768. The number of amides is 2. The molecule has 0 bridgehead atoms. The molecule has 26 heavy (non-hydrogen) atoms. The van der Waals surface area contributed by atoms with Crippen LogP contribution in [0.25, 0.3) is 5.65 Å². The van der Waals surface area contributed by atoms with Crippen molar-refractivity contribution in [1.29, 1.82) is 0 Å². The van der Waals surface area contributed by atoms with E-state index in [-0.39, 0.29) is 23.8 Å². The summed E-state index contributed by atoms with van der Waals surface area (Å²) in [6.45, 7) is 4.21. The first-order valence-electron chi connectivity index (χ1n) is 8.44. The molecule has 0 aliphatic carbocycles. The summed E-state index contributed by atoms with van der Waals surface area (Å²) in [5, 5.41) is 7.23. The van der Waals surface area contributed by atoms with Crippen molar-refractivity contribution in [2.45, 2.75) is 25.8 Å². The van der Waals surface area contributed by atoms with Gasteiger partial charge < -0.3 is 14.6 Å². The number of aryl methyl sites for hydroxylation is 1. The predicted octanol–water partition coefficient (Wildman–Crippen LogP) is 1.38. The molecule has 0 spiro atoms. The second kappa shape index (κ2) is 6.29. The van der Waals surface area contributed by atoms with Crippen molar-refractivity contribution in [2.24, 2.45) is 0 Å². The number of carbonyl (C=O) groups excluding carboxylic acids is 2. The molecule has 134 valence electrons. The molecule has 3 aromatic rings. The van der Waals surface area contributed by atoms with E-state index in [2.05, 4.69) is 15.4 Å². The van der Waals surface area contributed by atoms with Crippen LogP contribution in [0.4, 0.5) is 0 Å². The van der Waals surface area contributed by atoms with Crippen LogP contribution in [0.15, 0.2) is 41.1 Å². The van der Waals surface area contributed by atoms with Crippen molar-refractivity contribution in [3.05, 3.63) is 53.9 Å². The topological polar surface area (TPSA) is 92.7 Å². The van der Waals surface area contributed by atoms with Crippen molar-refractivity contribution in [3.8, 4) is 0 Å². The molecular formula is C18H19N5O3. The molecule has 1 aliphatic heterocycles. The standard InChI is InChI=1S/C18H19N5O3/c1-11-4-5-16(26-11)13-9-22(10-15(13)20-12(2)24)18(25)14-8-17-19-6-3-7-23(17)21-14/h3-8,13,15H,9-10H2,1-2H3,(H,20,24)/t13-,15-/m1/s1. The van der Waals surface area contributed by atoms with Gasteiger partial charge in [-0.1, -0.05) is 0 Å². The van der Waals surface area contributed by atoms with Crippen molar-refractivity contribution < 1.29 is 14.0 Å². The molecule has 1 aliphatic rings. The summed E-state index contributed by atoms with van der Waals surface area (Å²) in [5.41, 5.74) is 0.952. The van der Waals surface area contributed by atoms with Gasteiger partial charge in [-0.05, 0) is 25.1 Å². The first-order valence-corrected chi connectivity index (χ1v) is 8.44. The van der Waals surface area contributed by atoms with Gasteiger partial charge >= 0.3 is 0 Å². The van der Waals surface area contributed by atoms with Gasteiger partial charge in [-0.15, -0.1) is 0 Å². The maximum atomic E-state index is 12.9. The largest absolute Gasteiger partial charge is 0.466 e. The number of nitrogens with zero attached hydrogens (tertiary/aromatic N) is 4. The van der Waals surface area contributed by atoms with Gasteiger partial charge in [-0.2, -0.15) is 5.10 Å². The zero-order valence-corrected chi connectivity index (χ0v) is 14.5. The third kappa shape index (κ3) is 2.94. The summed E-state index contributed by atoms with van der Waals surface area (Å²) in [5.74, 6) is 1.17. The Morgan fingerprint density at radius 3 is 2.85 bits per heavy atom. The molecule has 0 unspecified atom stereocenters. The van der Waals surface area contributed by atoms with E-state index < -0.39 is 0 Å². The predicted molar refractivity (Wildman–Crippen MR) is 92.7 cm³/mol. The SMILES string of the molecule is CC(=O)N[C@@H]1CN(C(=O)c2cc3ncccn3n2)C[C@H]1c1ccc(C)o1. The van der Waals surface area contributed by atoms with Gasteiger partial charge in [0, 0.05) is 38.5 Å². The Hall–Kier alpha value is -3.16. The molecule has 4 heterocycles. The number of likely N-dealkylation sites (tertiary alicyclic amines) is 1. The minimum absolute atomic E-state index is 0.0910. The van der Waals surface area contributed by atoms with E-state index in [1.54, 1.807) is 33.9 Å². The monoisotopic (exact) mass is 353 g/mol. The molecule has 2 amide bonds. The Bertz CT molecular complexity index is 943. The molecule has 8 nitrogen and oxygen atoms in total. The lowest BCUT2D eigenvalue weighted by Gasteiger charge is -2.16. The number of furan rings is 1. The average Bonchev–Trinajstić information content (AvgIpc) is 3.31. The highest BCUT2D eigenvalue weighted by atomic mass is 16.3. The Kier molecular flexibility index (Phi) is 3.95. The fourth-order valence-electron chi connectivity index (χ4n) is 3.41. The van der Waals surface area contributed by atoms with E-state index >= 15 is 0 Å². The van der Waals surface area contributed by atoms with E-state index in [0.29, 0.717) is 24.4 Å². The number of carbonyl (C=O) groups is 2. The maximum absolute atomic E-state index is 12.9. The fraction of sp³-hybridized carbons (Fsp3) is 0.333. The summed E-state index contributed by atoms with van der Waals surface area (Å²) in [6.07, 6.45) is 3.40. The highest BCUT2D eigenvalue weighted by Crippen LogP contribution is 2.30. The number of rotatable bonds is 3. The minimum atomic E-state index is -0.197. The summed E-state index contributed by atoms with van der Waals surface area (Å²) in [6, 6.07) is 7.01. The molecule has 4 rings (SSSR count). The number of hydrogen-bond donors (Lipinski definition) is 1. The van der Waals surface area contributed by atoms with Crippen LogP contribution in [0.2, 0.25) is 0 Å². The number of aromatic nitrogens is 3. The maximum Gasteiger partial charge on any atom is 0.274 e. The second-order valence-electron chi connectivity index (χ2n) is 6.52. The summed E-state index contributed by atoms with van der Waals surface area (Å²) >= 11 is 0. The van der Waals surface area contributed by atoms with Crippen LogP contribution in [-0.4, -0.2) is 50.4 Å². The Morgan fingerprint density at radius 1 is 1.31 bits per heavy atom. The molecule has 3 aromatic heterocycles. The van der Waals surface area contributed by atoms with Crippen molar-refractivity contribution in [3.63, 3.8) is 0 Å². The Labute approximate surface area is 149 Å². The minimum Gasteiger partial charge on any atom is -0.466 e. The van der Waals surface area contributed by atoms with Gasteiger partial charge in [-0.3, -0.25) is 9.59 Å². The number of fused-ring (bicyclic) bond motifs is 1. The molecule has 8 heteroatoms. The van der Waals surface area contributed by atoms with Crippen molar-refractivity contribution in [2.75, 3.05) is 13.1 Å². The first kappa shape index (κ1) is 16.3. The van der Waals surface area contributed by atoms with E-state index in [9.17, 15) is 9.59 Å². The second-order valence-corrected chi connectivity index (χ2v) is 6.52. The van der Waals surface area contributed by atoms with Gasteiger partial charge in [0.05, 0.1) is 12.0 Å². The lowest BCUT2D eigenvalue weighted by atomic mass is 10.0. The van der Waals surface area contributed by atoms with E-state index in [1.807, 2.05) is 19.1 Å². The van der Waals surface area contributed by atoms with Crippen LogP contribution in [0.1, 0.15) is 34.9 Å². The molecule has 0 saturated carbocycles. The molecule has 0 aromatic carbocycles. The highest BCUT2D eigenvalue weighted by Gasteiger charge is 2.39. The van der Waals surface area contributed by atoms with Crippen LogP contribution in [-0.2, 0) is 4.79 Å². The van der Waals surface area contributed by atoms with Crippen molar-refractivity contribution >= 4 is 17.5 Å². The normalized spacial score (nSPS) is 19.8. The summed E-state index contributed by atoms with van der Waals surface area (Å²) in [7, 11) is 0. The number of nitrogens with one attached hydrogen (secondary N) is 1. The zero-order chi connectivity index (χ0) is 18.3. The highest BCUT2D eigenvalue weighted by molar-refractivity contribution is 5.93. The van der Waals surface area contributed by atoms with Crippen LogP contribution < -0.4 is 5.32 Å². The fourth-order valence-corrected chi connectivity index (χ4v) is 3.41. The van der Waals surface area contributed by atoms with Gasteiger partial charge in [0.15, 0.2) is 11.3 Å². The third-order valence-electron chi connectivity index (χ3n) is 4.58. The smallest absolute Gasteiger partial charge is 0.274 e. The average molecular weight is 353 g/mol. The van der Waals surface area contributed by atoms with Crippen LogP contribution in [0.3, 0.4) is 0 Å². The zero-order valence-electron chi connectivity index (χ0n) is 14.5. The summed E-state index contributed by atoms with van der Waals surface area (Å²) < 4.78 is 7.31. The third-order valence-corrected chi connectivity index (χ3v) is 4.58. The molecule has 2 atom stereocenters. The lowest BCUT2D eigenvalue weighted by molar-refractivity contribution is -0.119. The molecule has 0 radical (unpaired) electrons. The van der Waals surface area contributed by atoms with E-state index in [0.717, 1.165) is 11.5 Å². The van der Waals surface area contributed by atoms with Crippen molar-refractivity contribution in [1.82, 2.24) is 24.8 Å². The first-order chi connectivity index (χ1) is 12.5. The Morgan fingerprint density at radius 2 is 2.15 bits per heavy atom. The van der Waals surface area contributed by atoms with Crippen LogP contribution in [0, 0.1) is 6.92 Å². The molecule has 1 fully saturated rings. The van der Waals surface area contributed by atoms with Crippen LogP contribution >= 0.6 is 0 Å². The van der Waals surface area contributed by atoms with Gasteiger partial charge in [0.1, 0.15) is 11.5 Å². The van der Waals surface area contributed by atoms with Gasteiger partial charge in [0.2, 0.25) is 5.91 Å². The van der Waals surface area contributed by atoms with E-state index in [4.69, 9.17) is 4.42 Å². The number of hydrogen-bond acceptors (Lipinski definition) is 5. The molecular weight excluding hydrogens is 334 g/mol. The van der Waals surface area contributed by atoms with E-state index in [1.165, 1.54) is 6.92 Å².